The molecule has 2 aromatic rings. The highest BCUT2D eigenvalue weighted by Gasteiger charge is 2.13. The molecular weight excluding hydrogens is 283 g/mol. The van der Waals surface area contributed by atoms with Crippen molar-refractivity contribution >= 4 is 46.1 Å². The van der Waals surface area contributed by atoms with E-state index in [1.165, 1.54) is 0 Å². The van der Waals surface area contributed by atoms with E-state index in [0.717, 1.165) is 26.9 Å². The highest BCUT2D eigenvalue weighted by atomic mass is 35.5. The Bertz CT molecular complexity index is 479. The van der Waals surface area contributed by atoms with Gasteiger partial charge in [-0.3, -0.25) is 0 Å². The van der Waals surface area contributed by atoms with Crippen molar-refractivity contribution in [3.05, 3.63) is 56.2 Å². The molecule has 0 nitrogen and oxygen atoms in total. The maximum Gasteiger partial charge on any atom is 0.0733 e. The van der Waals surface area contributed by atoms with Crippen molar-refractivity contribution in [2.24, 2.45) is 0 Å². The number of hydrogen-bond donors (Lipinski definition) is 0. The van der Waals surface area contributed by atoms with E-state index in [0.29, 0.717) is 0 Å². The number of benzene rings is 1. The summed E-state index contributed by atoms with van der Waals surface area (Å²) in [7, 11) is 0. The summed E-state index contributed by atoms with van der Waals surface area (Å²) in [6, 6.07) is 9.60. The molecule has 2 rings (SSSR count). The van der Waals surface area contributed by atoms with E-state index in [1.807, 2.05) is 35.7 Å². The average Bonchev–Trinajstić information content (AvgIpc) is 2.64. The quantitative estimate of drug-likeness (QED) is 0.648. The summed E-state index contributed by atoms with van der Waals surface area (Å²) in [6.07, 6.45) is 0.738. The minimum absolute atomic E-state index is 0.0917. The van der Waals surface area contributed by atoms with Crippen molar-refractivity contribution in [1.82, 2.24) is 0 Å². The summed E-state index contributed by atoms with van der Waals surface area (Å²) < 4.78 is 0. The summed E-state index contributed by atoms with van der Waals surface area (Å²) in [6.45, 7) is 0. The fraction of sp³-hybridized carbons (Fsp3) is 0.167. The Morgan fingerprint density at radius 3 is 2.62 bits per heavy atom. The second-order valence-electron chi connectivity index (χ2n) is 3.43. The molecule has 0 aliphatic carbocycles. The van der Waals surface area contributed by atoms with E-state index >= 15 is 0 Å². The molecule has 0 amide bonds. The van der Waals surface area contributed by atoms with Crippen molar-refractivity contribution < 1.29 is 0 Å². The standard InChI is InChI=1S/C12H9Cl3S/c13-9-3-1-2-8(6-9)7-11(15)12-10(14)4-5-16-12/h1-6,11H,7H2. The lowest BCUT2D eigenvalue weighted by Gasteiger charge is -2.08. The van der Waals surface area contributed by atoms with Gasteiger partial charge in [-0.15, -0.1) is 22.9 Å². The minimum atomic E-state index is -0.0917. The van der Waals surface area contributed by atoms with Gasteiger partial charge in [0.05, 0.1) is 10.4 Å². The Balaban J connectivity index is 2.14. The van der Waals surface area contributed by atoms with E-state index in [9.17, 15) is 0 Å². The third-order valence-electron chi connectivity index (χ3n) is 2.23. The first-order valence-electron chi connectivity index (χ1n) is 4.78. The molecule has 0 fully saturated rings. The van der Waals surface area contributed by atoms with E-state index < -0.39 is 0 Å². The molecule has 0 N–H and O–H groups in total. The zero-order valence-corrected chi connectivity index (χ0v) is 11.4. The normalized spacial score (nSPS) is 12.7. The Morgan fingerprint density at radius 2 is 2.00 bits per heavy atom. The van der Waals surface area contributed by atoms with Gasteiger partial charge >= 0.3 is 0 Å². The third-order valence-corrected chi connectivity index (χ3v) is 4.44. The first kappa shape index (κ1) is 12.3. The molecule has 0 spiro atoms. The van der Waals surface area contributed by atoms with Crippen molar-refractivity contribution in [3.63, 3.8) is 0 Å². The lowest BCUT2D eigenvalue weighted by Crippen LogP contribution is -1.93. The Kier molecular flexibility index (Phi) is 4.15. The molecular formula is C12H9Cl3S. The molecule has 0 saturated heterocycles. The average molecular weight is 292 g/mol. The van der Waals surface area contributed by atoms with Crippen LogP contribution in [0, 0.1) is 0 Å². The van der Waals surface area contributed by atoms with Gasteiger partial charge in [0.2, 0.25) is 0 Å². The lowest BCUT2D eigenvalue weighted by atomic mass is 10.1. The number of alkyl halides is 1. The van der Waals surface area contributed by atoms with Crippen LogP contribution in [0.5, 0.6) is 0 Å². The molecule has 16 heavy (non-hydrogen) atoms. The van der Waals surface area contributed by atoms with Crippen LogP contribution >= 0.6 is 46.1 Å². The van der Waals surface area contributed by atoms with Gasteiger partial charge in [0, 0.05) is 9.90 Å². The zero-order valence-electron chi connectivity index (χ0n) is 8.29. The van der Waals surface area contributed by atoms with Gasteiger partial charge in [0.25, 0.3) is 0 Å². The molecule has 0 aliphatic rings. The molecule has 84 valence electrons. The van der Waals surface area contributed by atoms with Crippen LogP contribution in [0.1, 0.15) is 15.8 Å². The zero-order chi connectivity index (χ0) is 11.5. The molecule has 1 atom stereocenters. The predicted molar refractivity (Wildman–Crippen MR) is 73.1 cm³/mol. The first-order chi connectivity index (χ1) is 7.66. The molecule has 0 aliphatic heterocycles. The van der Waals surface area contributed by atoms with Crippen LogP contribution in [0.4, 0.5) is 0 Å². The topological polar surface area (TPSA) is 0 Å². The first-order valence-corrected chi connectivity index (χ1v) is 6.85. The van der Waals surface area contributed by atoms with Crippen LogP contribution in [0.2, 0.25) is 10.0 Å². The fourth-order valence-electron chi connectivity index (χ4n) is 1.49. The monoisotopic (exact) mass is 290 g/mol. The number of rotatable bonds is 3. The second kappa shape index (κ2) is 5.42. The van der Waals surface area contributed by atoms with Crippen LogP contribution in [-0.2, 0) is 6.42 Å². The van der Waals surface area contributed by atoms with E-state index in [-0.39, 0.29) is 5.38 Å². The number of halogens is 3. The van der Waals surface area contributed by atoms with E-state index in [4.69, 9.17) is 34.8 Å². The molecule has 1 aromatic carbocycles. The minimum Gasteiger partial charge on any atom is -0.146 e. The maximum absolute atomic E-state index is 6.32. The molecule has 1 aromatic heterocycles. The molecule has 0 radical (unpaired) electrons. The SMILES string of the molecule is Clc1cccc(CC(Cl)c2sccc2Cl)c1. The van der Waals surface area contributed by atoms with Crippen LogP contribution in [-0.4, -0.2) is 0 Å². The second-order valence-corrected chi connectivity index (χ2v) is 5.75. The Hall–Kier alpha value is -0.210. The molecule has 4 heteroatoms. The number of thiophene rings is 1. The highest BCUT2D eigenvalue weighted by molar-refractivity contribution is 7.11. The summed E-state index contributed by atoms with van der Waals surface area (Å²) in [5, 5.41) is 3.34. The van der Waals surface area contributed by atoms with Crippen LogP contribution in [0.3, 0.4) is 0 Å². The number of hydrogen-bond acceptors (Lipinski definition) is 1. The van der Waals surface area contributed by atoms with E-state index in [2.05, 4.69) is 0 Å². The fourth-order valence-corrected chi connectivity index (χ4v) is 3.38. The van der Waals surface area contributed by atoms with Gasteiger partial charge < -0.3 is 0 Å². The molecule has 1 heterocycles. The highest BCUT2D eigenvalue weighted by Crippen LogP contribution is 2.35. The van der Waals surface area contributed by atoms with Crippen LogP contribution in [0.25, 0.3) is 0 Å². The van der Waals surface area contributed by atoms with Crippen LogP contribution < -0.4 is 0 Å². The third kappa shape index (κ3) is 2.92. The summed E-state index contributed by atoms with van der Waals surface area (Å²) in [5.41, 5.74) is 1.12. The lowest BCUT2D eigenvalue weighted by molar-refractivity contribution is 0.940. The smallest absolute Gasteiger partial charge is 0.0733 e. The van der Waals surface area contributed by atoms with Gasteiger partial charge in [-0.25, -0.2) is 0 Å². The van der Waals surface area contributed by atoms with Crippen molar-refractivity contribution in [1.29, 1.82) is 0 Å². The van der Waals surface area contributed by atoms with Crippen molar-refractivity contribution in [2.45, 2.75) is 11.8 Å². The summed E-state index contributed by atoms with van der Waals surface area (Å²) in [4.78, 5) is 1.02. The summed E-state index contributed by atoms with van der Waals surface area (Å²) in [5.74, 6) is 0. The van der Waals surface area contributed by atoms with Gasteiger partial charge in [0.15, 0.2) is 0 Å². The van der Waals surface area contributed by atoms with Gasteiger partial charge in [-0.2, -0.15) is 0 Å². The largest absolute Gasteiger partial charge is 0.146 e. The van der Waals surface area contributed by atoms with Crippen molar-refractivity contribution in [3.8, 4) is 0 Å². The predicted octanol–water partition coefficient (Wildman–Crippen LogP) is 5.58. The summed E-state index contributed by atoms with van der Waals surface area (Å²) >= 11 is 19.9. The van der Waals surface area contributed by atoms with Crippen molar-refractivity contribution in [2.75, 3.05) is 0 Å². The van der Waals surface area contributed by atoms with Crippen LogP contribution in [0.15, 0.2) is 35.7 Å². The van der Waals surface area contributed by atoms with Gasteiger partial charge in [-0.1, -0.05) is 35.3 Å². The Labute approximate surface area is 114 Å². The molecule has 0 saturated carbocycles. The van der Waals surface area contributed by atoms with E-state index in [1.54, 1.807) is 11.3 Å². The molecule has 1 unspecified atom stereocenters. The Morgan fingerprint density at radius 1 is 1.19 bits per heavy atom. The molecule has 0 bridgehead atoms. The van der Waals surface area contributed by atoms with Gasteiger partial charge in [-0.05, 0) is 35.6 Å². The van der Waals surface area contributed by atoms with Gasteiger partial charge in [0.1, 0.15) is 0 Å². The maximum atomic E-state index is 6.32.